The predicted molar refractivity (Wildman–Crippen MR) is 68.1 cm³/mol. The highest BCUT2D eigenvalue weighted by Gasteiger charge is 2.25. The van der Waals surface area contributed by atoms with E-state index in [0.717, 1.165) is 0 Å². The maximum absolute atomic E-state index is 12.3. The van der Waals surface area contributed by atoms with E-state index in [9.17, 15) is 8.42 Å². The minimum atomic E-state index is -3.42. The molecule has 0 unspecified atom stereocenters. The number of thiophene rings is 1. The van der Waals surface area contributed by atoms with Crippen molar-refractivity contribution >= 4 is 21.4 Å². The Kier molecular flexibility index (Phi) is 5.12. The zero-order valence-electron chi connectivity index (χ0n) is 9.96. The van der Waals surface area contributed by atoms with E-state index in [4.69, 9.17) is 5.26 Å². The van der Waals surface area contributed by atoms with Gasteiger partial charge in [-0.15, -0.1) is 11.3 Å². The van der Waals surface area contributed by atoms with Gasteiger partial charge in [0.15, 0.2) is 0 Å². The van der Waals surface area contributed by atoms with Crippen LogP contribution in [0.25, 0.3) is 0 Å². The van der Waals surface area contributed by atoms with Crippen LogP contribution in [0.4, 0.5) is 0 Å². The van der Waals surface area contributed by atoms with Crippen LogP contribution < -0.4 is 0 Å². The van der Waals surface area contributed by atoms with E-state index >= 15 is 0 Å². The van der Waals surface area contributed by atoms with Crippen LogP contribution in [0.5, 0.6) is 0 Å². The Balaban J connectivity index is 2.93. The van der Waals surface area contributed by atoms with E-state index in [-0.39, 0.29) is 18.9 Å². The molecule has 1 heterocycles. The molecular formula is C11H16N2O2S2. The highest BCUT2D eigenvalue weighted by molar-refractivity contribution is 7.91. The predicted octanol–water partition coefficient (Wildman–Crippen LogP) is 2.31. The fraction of sp³-hybridized carbons (Fsp3) is 0.545. The summed E-state index contributed by atoms with van der Waals surface area (Å²) in [7, 11) is -3.42. The minimum Gasteiger partial charge on any atom is -0.206 e. The molecule has 94 valence electrons. The SMILES string of the molecule is CC(C)CN(CCC#N)S(=O)(=O)c1cccs1. The number of nitriles is 1. The van der Waals surface area contributed by atoms with Gasteiger partial charge in [0.1, 0.15) is 4.21 Å². The van der Waals surface area contributed by atoms with Crippen LogP contribution in [-0.2, 0) is 10.0 Å². The van der Waals surface area contributed by atoms with Gasteiger partial charge in [0.05, 0.1) is 6.07 Å². The standard InChI is InChI=1S/C11H16N2O2S2/c1-10(2)9-13(7-4-6-12)17(14,15)11-5-3-8-16-11/h3,5,8,10H,4,7,9H2,1-2H3. The molecule has 0 aliphatic rings. The minimum absolute atomic E-state index is 0.220. The quantitative estimate of drug-likeness (QED) is 0.798. The number of hydrogen-bond donors (Lipinski definition) is 0. The van der Waals surface area contributed by atoms with Gasteiger partial charge in [-0.25, -0.2) is 8.42 Å². The molecule has 1 rings (SSSR count). The van der Waals surface area contributed by atoms with Crippen molar-refractivity contribution in [1.29, 1.82) is 5.26 Å². The van der Waals surface area contributed by atoms with Gasteiger partial charge in [0.2, 0.25) is 0 Å². The Morgan fingerprint density at radius 3 is 2.71 bits per heavy atom. The van der Waals surface area contributed by atoms with E-state index in [1.165, 1.54) is 15.6 Å². The van der Waals surface area contributed by atoms with Crippen molar-refractivity contribution in [2.45, 2.75) is 24.5 Å². The zero-order chi connectivity index (χ0) is 12.9. The summed E-state index contributed by atoms with van der Waals surface area (Å²) in [5.74, 6) is 0.239. The topological polar surface area (TPSA) is 61.2 Å². The highest BCUT2D eigenvalue weighted by Crippen LogP contribution is 2.21. The Labute approximate surface area is 107 Å². The summed E-state index contributed by atoms with van der Waals surface area (Å²) in [6.07, 6.45) is 0.220. The monoisotopic (exact) mass is 272 g/mol. The molecule has 0 aromatic carbocycles. The van der Waals surface area contributed by atoms with Gasteiger partial charge in [-0.05, 0) is 17.4 Å². The van der Waals surface area contributed by atoms with Crippen molar-refractivity contribution in [3.05, 3.63) is 17.5 Å². The van der Waals surface area contributed by atoms with Crippen LogP contribution in [-0.4, -0.2) is 25.8 Å². The average molecular weight is 272 g/mol. The zero-order valence-corrected chi connectivity index (χ0v) is 11.6. The molecule has 0 fully saturated rings. The molecule has 4 nitrogen and oxygen atoms in total. The molecule has 17 heavy (non-hydrogen) atoms. The van der Waals surface area contributed by atoms with Gasteiger partial charge in [-0.2, -0.15) is 9.57 Å². The van der Waals surface area contributed by atoms with Crippen molar-refractivity contribution in [2.75, 3.05) is 13.1 Å². The summed E-state index contributed by atoms with van der Waals surface area (Å²) < 4.78 is 26.3. The fourth-order valence-electron chi connectivity index (χ4n) is 1.43. The van der Waals surface area contributed by atoms with Gasteiger partial charge in [-0.3, -0.25) is 0 Å². The first kappa shape index (κ1) is 14.2. The summed E-state index contributed by atoms with van der Waals surface area (Å²) in [5, 5.41) is 10.3. The summed E-state index contributed by atoms with van der Waals surface area (Å²) in [6, 6.07) is 5.30. The molecule has 0 atom stereocenters. The molecule has 0 amide bonds. The lowest BCUT2D eigenvalue weighted by atomic mass is 10.2. The smallest absolute Gasteiger partial charge is 0.206 e. The van der Waals surface area contributed by atoms with Gasteiger partial charge >= 0.3 is 0 Å². The van der Waals surface area contributed by atoms with E-state index < -0.39 is 10.0 Å². The number of hydrogen-bond acceptors (Lipinski definition) is 4. The van der Waals surface area contributed by atoms with Crippen molar-refractivity contribution in [1.82, 2.24) is 4.31 Å². The molecule has 0 aliphatic heterocycles. The Hall–Kier alpha value is -0.900. The lowest BCUT2D eigenvalue weighted by Gasteiger charge is -2.22. The Bertz CT molecular complexity index is 472. The first-order chi connectivity index (χ1) is 7.98. The largest absolute Gasteiger partial charge is 0.252 e. The molecule has 0 saturated heterocycles. The van der Waals surface area contributed by atoms with Gasteiger partial charge < -0.3 is 0 Å². The average Bonchev–Trinajstić information content (AvgIpc) is 2.77. The first-order valence-electron chi connectivity index (χ1n) is 5.39. The van der Waals surface area contributed by atoms with E-state index in [0.29, 0.717) is 10.8 Å². The van der Waals surface area contributed by atoms with Crippen molar-refractivity contribution in [3.63, 3.8) is 0 Å². The molecule has 0 N–H and O–H groups in total. The van der Waals surface area contributed by atoms with E-state index in [1.54, 1.807) is 17.5 Å². The summed E-state index contributed by atoms with van der Waals surface area (Å²) in [6.45, 7) is 4.63. The molecule has 1 aromatic heterocycles. The van der Waals surface area contributed by atoms with Crippen molar-refractivity contribution in [3.8, 4) is 6.07 Å². The fourth-order valence-corrected chi connectivity index (χ4v) is 4.18. The van der Waals surface area contributed by atoms with Crippen LogP contribution in [0.15, 0.2) is 21.7 Å². The number of sulfonamides is 1. The molecule has 0 bridgehead atoms. The van der Waals surface area contributed by atoms with Crippen molar-refractivity contribution in [2.24, 2.45) is 5.92 Å². The third kappa shape index (κ3) is 3.80. The third-order valence-corrected chi connectivity index (χ3v) is 5.37. The second kappa shape index (κ2) is 6.15. The second-order valence-corrected chi connectivity index (χ2v) is 7.21. The van der Waals surface area contributed by atoms with Crippen LogP contribution in [0, 0.1) is 17.2 Å². The van der Waals surface area contributed by atoms with Crippen LogP contribution in [0.2, 0.25) is 0 Å². The van der Waals surface area contributed by atoms with Crippen LogP contribution in [0.3, 0.4) is 0 Å². The number of nitrogens with zero attached hydrogens (tertiary/aromatic N) is 2. The van der Waals surface area contributed by atoms with Gasteiger partial charge in [0, 0.05) is 19.5 Å². The first-order valence-corrected chi connectivity index (χ1v) is 7.71. The molecule has 1 aromatic rings. The normalized spacial score (nSPS) is 11.9. The molecule has 0 radical (unpaired) electrons. The molecule has 0 aliphatic carbocycles. The molecule has 6 heteroatoms. The lowest BCUT2D eigenvalue weighted by Crippen LogP contribution is -2.34. The third-order valence-electron chi connectivity index (χ3n) is 2.13. The lowest BCUT2D eigenvalue weighted by molar-refractivity contribution is 0.374. The second-order valence-electron chi connectivity index (χ2n) is 4.10. The van der Waals surface area contributed by atoms with E-state index in [2.05, 4.69) is 0 Å². The molecule has 0 spiro atoms. The Morgan fingerprint density at radius 1 is 1.53 bits per heavy atom. The van der Waals surface area contributed by atoms with Crippen LogP contribution in [0.1, 0.15) is 20.3 Å². The summed E-state index contributed by atoms with van der Waals surface area (Å²) in [4.78, 5) is 0. The summed E-state index contributed by atoms with van der Waals surface area (Å²) >= 11 is 1.21. The maximum Gasteiger partial charge on any atom is 0.252 e. The molecule has 0 saturated carbocycles. The highest BCUT2D eigenvalue weighted by atomic mass is 32.2. The number of rotatable bonds is 6. The van der Waals surface area contributed by atoms with Gasteiger partial charge in [0.25, 0.3) is 10.0 Å². The Morgan fingerprint density at radius 2 is 2.24 bits per heavy atom. The van der Waals surface area contributed by atoms with Crippen molar-refractivity contribution < 1.29 is 8.42 Å². The molecular weight excluding hydrogens is 256 g/mol. The van der Waals surface area contributed by atoms with E-state index in [1.807, 2.05) is 19.9 Å². The van der Waals surface area contributed by atoms with Crippen LogP contribution >= 0.6 is 11.3 Å². The summed E-state index contributed by atoms with van der Waals surface area (Å²) in [5.41, 5.74) is 0. The maximum atomic E-state index is 12.3. The van der Waals surface area contributed by atoms with Gasteiger partial charge in [-0.1, -0.05) is 19.9 Å².